The van der Waals surface area contributed by atoms with Crippen molar-refractivity contribution in [2.75, 3.05) is 13.7 Å². The second kappa shape index (κ2) is 6.51. The minimum absolute atomic E-state index is 0.0148. The lowest BCUT2D eigenvalue weighted by Crippen LogP contribution is -2.37. The quantitative estimate of drug-likeness (QED) is 0.770. The van der Waals surface area contributed by atoms with Crippen LogP contribution in [-0.2, 0) is 17.8 Å². The third-order valence-electron chi connectivity index (χ3n) is 4.68. The third kappa shape index (κ3) is 3.05. The maximum absolute atomic E-state index is 12.6. The normalized spacial score (nSPS) is 16.1. The molecule has 2 aromatic carbocycles. The highest BCUT2D eigenvalue weighted by Crippen LogP contribution is 2.30. The van der Waals surface area contributed by atoms with Gasteiger partial charge in [-0.2, -0.15) is 0 Å². The zero-order chi connectivity index (χ0) is 17.2. The number of nitrogens with one attached hydrogen (secondary N) is 2. The second-order valence-electron chi connectivity index (χ2n) is 6.26. The molecule has 1 amide bonds. The molecule has 2 heterocycles. The van der Waals surface area contributed by atoms with Gasteiger partial charge in [0.25, 0.3) is 0 Å². The van der Waals surface area contributed by atoms with Crippen LogP contribution < -0.4 is 14.8 Å². The van der Waals surface area contributed by atoms with Crippen LogP contribution in [0, 0.1) is 5.92 Å². The van der Waals surface area contributed by atoms with Gasteiger partial charge in [0.1, 0.15) is 18.1 Å². The Labute approximate surface area is 146 Å². The number of hydrogen-bond donors (Lipinski definition) is 2. The number of carbonyl (C=O) groups excluding carboxylic acids is 1. The number of carbonyl (C=O) groups is 1. The highest BCUT2D eigenvalue weighted by molar-refractivity contribution is 5.84. The molecule has 1 atom stereocenters. The molecule has 0 spiro atoms. The molecule has 0 saturated carbocycles. The minimum Gasteiger partial charge on any atom is -0.497 e. The van der Waals surface area contributed by atoms with E-state index in [1.807, 2.05) is 48.7 Å². The summed E-state index contributed by atoms with van der Waals surface area (Å²) in [5.41, 5.74) is 3.19. The number of hydrogen-bond acceptors (Lipinski definition) is 3. The average Bonchev–Trinajstić information content (AvgIpc) is 3.14. The zero-order valence-corrected chi connectivity index (χ0v) is 14.0. The Morgan fingerprint density at radius 3 is 3.12 bits per heavy atom. The highest BCUT2D eigenvalue weighted by Gasteiger charge is 2.26. The first-order valence-corrected chi connectivity index (χ1v) is 8.37. The van der Waals surface area contributed by atoms with Gasteiger partial charge >= 0.3 is 0 Å². The van der Waals surface area contributed by atoms with Crippen LogP contribution in [0.25, 0.3) is 10.9 Å². The maximum Gasteiger partial charge on any atom is 0.227 e. The molecule has 5 heteroatoms. The van der Waals surface area contributed by atoms with Crippen molar-refractivity contribution in [3.63, 3.8) is 0 Å². The highest BCUT2D eigenvalue weighted by atomic mass is 16.5. The number of ether oxygens (including phenoxy) is 2. The first-order chi connectivity index (χ1) is 12.2. The lowest BCUT2D eigenvalue weighted by atomic mass is 9.95. The summed E-state index contributed by atoms with van der Waals surface area (Å²) in [6.07, 6.45) is 2.57. The topological polar surface area (TPSA) is 63.3 Å². The van der Waals surface area contributed by atoms with Gasteiger partial charge in [-0.3, -0.25) is 4.79 Å². The van der Waals surface area contributed by atoms with Crippen molar-refractivity contribution in [3.8, 4) is 11.5 Å². The molecular weight excluding hydrogens is 316 g/mol. The minimum atomic E-state index is -0.190. The van der Waals surface area contributed by atoms with Crippen LogP contribution in [-0.4, -0.2) is 24.6 Å². The van der Waals surface area contributed by atoms with Crippen molar-refractivity contribution in [2.24, 2.45) is 5.92 Å². The standard InChI is InChI=1S/C20H20N2O3/c1-24-16-5-6-19-14(10-16)9-15(12-25-19)20(23)22-11-13-3-2-4-18-17(13)7-8-21-18/h2-8,10,15,21H,9,11-12H2,1H3,(H,22,23). The summed E-state index contributed by atoms with van der Waals surface area (Å²) in [5, 5.41) is 4.18. The summed E-state index contributed by atoms with van der Waals surface area (Å²) < 4.78 is 11.0. The molecule has 0 radical (unpaired) electrons. The van der Waals surface area contributed by atoms with Crippen molar-refractivity contribution < 1.29 is 14.3 Å². The molecule has 1 aliphatic rings. The van der Waals surface area contributed by atoms with Crippen molar-refractivity contribution in [3.05, 3.63) is 59.8 Å². The fraction of sp³-hybridized carbons (Fsp3) is 0.250. The molecule has 4 rings (SSSR count). The number of benzene rings is 2. The van der Waals surface area contributed by atoms with Crippen molar-refractivity contribution >= 4 is 16.8 Å². The molecular formula is C20H20N2O3. The number of H-pyrrole nitrogens is 1. The largest absolute Gasteiger partial charge is 0.497 e. The van der Waals surface area contributed by atoms with Crippen LogP contribution in [0.5, 0.6) is 11.5 Å². The number of methoxy groups -OCH3 is 1. The molecule has 0 bridgehead atoms. The number of amides is 1. The Kier molecular flexibility index (Phi) is 4.06. The van der Waals surface area contributed by atoms with Gasteiger partial charge in [-0.05, 0) is 47.9 Å². The van der Waals surface area contributed by atoms with E-state index in [1.165, 1.54) is 0 Å². The Morgan fingerprint density at radius 2 is 2.24 bits per heavy atom. The Balaban J connectivity index is 1.44. The van der Waals surface area contributed by atoms with Crippen molar-refractivity contribution in [1.82, 2.24) is 10.3 Å². The smallest absolute Gasteiger partial charge is 0.227 e. The summed E-state index contributed by atoms with van der Waals surface area (Å²) in [5.74, 6) is 1.44. The van der Waals surface area contributed by atoms with E-state index in [4.69, 9.17) is 9.47 Å². The molecule has 1 unspecified atom stereocenters. The number of aromatic amines is 1. The first kappa shape index (κ1) is 15.6. The Morgan fingerprint density at radius 1 is 1.32 bits per heavy atom. The van der Waals surface area contributed by atoms with Crippen LogP contribution >= 0.6 is 0 Å². The average molecular weight is 336 g/mol. The predicted octanol–water partition coefficient (Wildman–Crippen LogP) is 3.04. The number of aromatic nitrogens is 1. The first-order valence-electron chi connectivity index (χ1n) is 8.37. The fourth-order valence-electron chi connectivity index (χ4n) is 3.30. The van der Waals surface area contributed by atoms with Gasteiger partial charge in [0, 0.05) is 23.6 Å². The van der Waals surface area contributed by atoms with Crippen LogP contribution in [0.4, 0.5) is 0 Å². The Bertz CT molecular complexity index is 916. The molecule has 2 N–H and O–H groups in total. The fourth-order valence-corrected chi connectivity index (χ4v) is 3.30. The van der Waals surface area contributed by atoms with E-state index in [9.17, 15) is 4.79 Å². The molecule has 0 saturated heterocycles. The summed E-state index contributed by atoms with van der Waals surface area (Å²) >= 11 is 0. The summed E-state index contributed by atoms with van der Waals surface area (Å²) in [7, 11) is 1.64. The summed E-state index contributed by atoms with van der Waals surface area (Å²) in [4.78, 5) is 15.8. The van der Waals surface area contributed by atoms with E-state index in [0.29, 0.717) is 19.6 Å². The van der Waals surface area contributed by atoms with Crippen LogP contribution in [0.2, 0.25) is 0 Å². The van der Waals surface area contributed by atoms with E-state index in [0.717, 1.165) is 33.5 Å². The van der Waals surface area contributed by atoms with Crippen LogP contribution in [0.3, 0.4) is 0 Å². The van der Waals surface area contributed by atoms with Crippen LogP contribution in [0.1, 0.15) is 11.1 Å². The van der Waals surface area contributed by atoms with Crippen LogP contribution in [0.15, 0.2) is 48.7 Å². The van der Waals surface area contributed by atoms with Gasteiger partial charge in [-0.15, -0.1) is 0 Å². The van der Waals surface area contributed by atoms with E-state index >= 15 is 0 Å². The lowest BCUT2D eigenvalue weighted by molar-refractivity contribution is -0.126. The molecule has 128 valence electrons. The van der Waals surface area contributed by atoms with E-state index in [-0.39, 0.29) is 11.8 Å². The van der Waals surface area contributed by atoms with Gasteiger partial charge in [0.15, 0.2) is 0 Å². The monoisotopic (exact) mass is 336 g/mol. The molecule has 0 fully saturated rings. The summed E-state index contributed by atoms with van der Waals surface area (Å²) in [6, 6.07) is 13.8. The maximum atomic E-state index is 12.6. The predicted molar refractivity (Wildman–Crippen MR) is 95.8 cm³/mol. The molecule has 3 aromatic rings. The lowest BCUT2D eigenvalue weighted by Gasteiger charge is -2.25. The molecule has 25 heavy (non-hydrogen) atoms. The van der Waals surface area contributed by atoms with Crippen molar-refractivity contribution in [2.45, 2.75) is 13.0 Å². The molecule has 1 aliphatic heterocycles. The van der Waals surface area contributed by atoms with Gasteiger partial charge < -0.3 is 19.8 Å². The number of fused-ring (bicyclic) bond motifs is 2. The van der Waals surface area contributed by atoms with E-state index in [1.54, 1.807) is 7.11 Å². The molecule has 1 aromatic heterocycles. The van der Waals surface area contributed by atoms with E-state index in [2.05, 4.69) is 10.3 Å². The molecule has 5 nitrogen and oxygen atoms in total. The van der Waals surface area contributed by atoms with Gasteiger partial charge in [0.05, 0.1) is 13.0 Å². The van der Waals surface area contributed by atoms with Gasteiger partial charge in [0.2, 0.25) is 5.91 Å². The third-order valence-corrected chi connectivity index (χ3v) is 4.68. The van der Waals surface area contributed by atoms with Gasteiger partial charge in [-0.1, -0.05) is 12.1 Å². The SMILES string of the molecule is COc1ccc2c(c1)CC(C(=O)NCc1cccc3[nH]ccc13)CO2. The van der Waals surface area contributed by atoms with Crippen molar-refractivity contribution in [1.29, 1.82) is 0 Å². The zero-order valence-electron chi connectivity index (χ0n) is 14.0. The summed E-state index contributed by atoms with van der Waals surface area (Å²) in [6.45, 7) is 0.912. The molecule has 0 aliphatic carbocycles. The van der Waals surface area contributed by atoms with E-state index < -0.39 is 0 Å². The Hall–Kier alpha value is -2.95. The van der Waals surface area contributed by atoms with Gasteiger partial charge in [-0.25, -0.2) is 0 Å². The number of rotatable bonds is 4. The second-order valence-corrected chi connectivity index (χ2v) is 6.26.